The van der Waals surface area contributed by atoms with Gasteiger partial charge in [-0.1, -0.05) is 32.3 Å². The van der Waals surface area contributed by atoms with Crippen LogP contribution in [-0.4, -0.2) is 26.7 Å². The number of hydrogen-bond donors (Lipinski definition) is 2. The molecule has 1 heterocycles. The van der Waals surface area contributed by atoms with Gasteiger partial charge in [0.25, 0.3) is 10.0 Å². The maximum atomic E-state index is 12.7. The first-order chi connectivity index (χ1) is 12.4. The third-order valence-electron chi connectivity index (χ3n) is 5.28. The van der Waals surface area contributed by atoms with Crippen LogP contribution in [-0.2, 0) is 14.8 Å². The van der Waals surface area contributed by atoms with Gasteiger partial charge >= 0.3 is 0 Å². The van der Waals surface area contributed by atoms with Crippen molar-refractivity contribution in [3.8, 4) is 0 Å². The maximum Gasteiger partial charge on any atom is 0.262 e. The number of rotatable bonds is 4. The third-order valence-corrected chi connectivity index (χ3v) is 6.66. The van der Waals surface area contributed by atoms with Gasteiger partial charge in [-0.2, -0.15) is 0 Å². The zero-order chi connectivity index (χ0) is 18.6. The van der Waals surface area contributed by atoms with Gasteiger partial charge in [-0.3, -0.25) is 14.5 Å². The van der Waals surface area contributed by atoms with Gasteiger partial charge in [-0.15, -0.1) is 0 Å². The molecule has 0 spiro atoms. The van der Waals surface area contributed by atoms with Crippen molar-refractivity contribution < 1.29 is 13.2 Å². The highest BCUT2D eigenvalue weighted by Crippen LogP contribution is 2.38. The fourth-order valence-electron chi connectivity index (χ4n) is 3.58. The SMILES string of the molecule is CC1(C(=O)Nc2cccc(S(=O)(=O)NC3=NCCCCC3)c2)CCCC1. The maximum absolute atomic E-state index is 12.7. The number of nitrogens with zero attached hydrogens (tertiary/aromatic N) is 1. The van der Waals surface area contributed by atoms with Crippen LogP contribution >= 0.6 is 0 Å². The summed E-state index contributed by atoms with van der Waals surface area (Å²) >= 11 is 0. The summed E-state index contributed by atoms with van der Waals surface area (Å²) in [6.45, 7) is 2.63. The smallest absolute Gasteiger partial charge is 0.262 e. The molecular weight excluding hydrogens is 350 g/mol. The van der Waals surface area contributed by atoms with Crippen LogP contribution in [0.3, 0.4) is 0 Å². The zero-order valence-corrected chi connectivity index (χ0v) is 16.1. The summed E-state index contributed by atoms with van der Waals surface area (Å²) in [5, 5.41) is 2.89. The monoisotopic (exact) mass is 377 g/mol. The third kappa shape index (κ3) is 4.44. The van der Waals surface area contributed by atoms with E-state index in [9.17, 15) is 13.2 Å². The molecule has 0 saturated heterocycles. The van der Waals surface area contributed by atoms with Gasteiger partial charge in [-0.25, -0.2) is 8.42 Å². The van der Waals surface area contributed by atoms with Gasteiger partial charge < -0.3 is 5.32 Å². The molecule has 1 saturated carbocycles. The van der Waals surface area contributed by atoms with Gasteiger partial charge in [-0.05, 0) is 43.9 Å². The molecule has 1 amide bonds. The predicted molar refractivity (Wildman–Crippen MR) is 103 cm³/mol. The quantitative estimate of drug-likeness (QED) is 0.842. The van der Waals surface area contributed by atoms with Gasteiger partial charge in [0.1, 0.15) is 5.84 Å². The molecule has 2 N–H and O–H groups in total. The Hall–Kier alpha value is -1.89. The van der Waals surface area contributed by atoms with Gasteiger partial charge in [0.15, 0.2) is 0 Å². The molecular formula is C19H27N3O3S. The number of carbonyl (C=O) groups excluding carboxylic acids is 1. The van der Waals surface area contributed by atoms with Crippen molar-refractivity contribution in [2.45, 2.75) is 63.2 Å². The lowest BCUT2D eigenvalue weighted by atomic mass is 9.88. The lowest BCUT2D eigenvalue weighted by molar-refractivity contribution is -0.124. The van der Waals surface area contributed by atoms with Crippen LogP contribution in [0.25, 0.3) is 0 Å². The molecule has 142 valence electrons. The average molecular weight is 378 g/mol. The standard InChI is InChI=1S/C19H27N3O3S/c1-19(11-4-5-12-19)18(23)21-15-8-7-9-16(14-15)26(24,25)22-17-10-3-2-6-13-20-17/h7-9,14H,2-6,10-13H2,1H3,(H,20,22)(H,21,23). The lowest BCUT2D eigenvalue weighted by Crippen LogP contribution is -2.32. The molecule has 1 aliphatic heterocycles. The molecule has 2 aliphatic rings. The van der Waals surface area contributed by atoms with Crippen LogP contribution in [0.1, 0.15) is 58.3 Å². The Morgan fingerprint density at radius 2 is 1.88 bits per heavy atom. The van der Waals surface area contributed by atoms with E-state index in [1.165, 1.54) is 12.1 Å². The average Bonchev–Trinajstić information content (AvgIpc) is 2.90. The normalized spacial score (nSPS) is 20.1. The molecule has 1 aliphatic carbocycles. The Bertz CT molecular complexity index is 796. The molecule has 0 bridgehead atoms. The summed E-state index contributed by atoms with van der Waals surface area (Å²) in [5.74, 6) is 0.487. The minimum atomic E-state index is -3.70. The first kappa shape index (κ1) is 18.9. The summed E-state index contributed by atoms with van der Waals surface area (Å²) in [7, 11) is -3.70. The highest BCUT2D eigenvalue weighted by Gasteiger charge is 2.36. The van der Waals surface area contributed by atoms with Gasteiger partial charge in [0.2, 0.25) is 5.91 Å². The van der Waals surface area contributed by atoms with E-state index in [4.69, 9.17) is 0 Å². The van der Waals surface area contributed by atoms with Crippen LogP contribution in [0.5, 0.6) is 0 Å². The molecule has 7 heteroatoms. The number of sulfonamides is 1. The summed E-state index contributed by atoms with van der Waals surface area (Å²) in [5.41, 5.74) is 0.149. The number of benzene rings is 1. The second-order valence-corrected chi connectivity index (χ2v) is 9.18. The van der Waals surface area contributed by atoms with Crippen molar-refractivity contribution in [2.24, 2.45) is 10.4 Å². The minimum Gasteiger partial charge on any atom is -0.326 e. The van der Waals surface area contributed by atoms with E-state index in [2.05, 4.69) is 15.0 Å². The van der Waals surface area contributed by atoms with Crippen LogP contribution < -0.4 is 10.0 Å². The minimum absolute atomic E-state index is 0.0364. The van der Waals surface area contributed by atoms with Crippen LogP contribution in [0.15, 0.2) is 34.2 Å². The van der Waals surface area contributed by atoms with Crippen LogP contribution in [0.4, 0.5) is 5.69 Å². The number of nitrogens with one attached hydrogen (secondary N) is 2. The van der Waals surface area contributed by atoms with Crippen molar-refractivity contribution in [1.82, 2.24) is 4.72 Å². The van der Waals surface area contributed by atoms with E-state index in [-0.39, 0.29) is 16.2 Å². The molecule has 1 aromatic rings. The number of aliphatic imine (C=N–C) groups is 1. The van der Waals surface area contributed by atoms with Crippen molar-refractivity contribution in [1.29, 1.82) is 0 Å². The predicted octanol–water partition coefficient (Wildman–Crippen LogP) is 3.46. The second kappa shape index (κ2) is 7.78. The molecule has 0 aromatic heterocycles. The first-order valence-electron chi connectivity index (χ1n) is 9.37. The molecule has 6 nitrogen and oxygen atoms in total. The second-order valence-electron chi connectivity index (χ2n) is 7.49. The highest BCUT2D eigenvalue weighted by atomic mass is 32.2. The summed E-state index contributed by atoms with van der Waals surface area (Å²) in [6.07, 6.45) is 7.51. The molecule has 1 fully saturated rings. The van der Waals surface area contributed by atoms with Crippen molar-refractivity contribution >= 4 is 27.5 Å². The number of amidine groups is 1. The van der Waals surface area contributed by atoms with E-state index in [1.54, 1.807) is 12.1 Å². The first-order valence-corrected chi connectivity index (χ1v) is 10.9. The molecule has 3 rings (SSSR count). The summed E-state index contributed by atoms with van der Waals surface area (Å²) in [4.78, 5) is 17.0. The number of hydrogen-bond acceptors (Lipinski definition) is 4. The van der Waals surface area contributed by atoms with E-state index in [1.807, 2.05) is 6.92 Å². The molecule has 0 atom stereocenters. The Kier molecular flexibility index (Phi) is 5.65. The van der Waals surface area contributed by atoms with E-state index < -0.39 is 10.0 Å². The number of amides is 1. The Morgan fingerprint density at radius 1 is 1.12 bits per heavy atom. The lowest BCUT2D eigenvalue weighted by Gasteiger charge is -2.22. The van der Waals surface area contributed by atoms with E-state index in [0.29, 0.717) is 24.5 Å². The van der Waals surface area contributed by atoms with E-state index in [0.717, 1.165) is 44.9 Å². The van der Waals surface area contributed by atoms with Gasteiger partial charge in [0, 0.05) is 24.1 Å². The number of anilines is 1. The van der Waals surface area contributed by atoms with E-state index >= 15 is 0 Å². The van der Waals surface area contributed by atoms with Crippen LogP contribution in [0.2, 0.25) is 0 Å². The topological polar surface area (TPSA) is 87.6 Å². The van der Waals surface area contributed by atoms with Crippen molar-refractivity contribution in [2.75, 3.05) is 11.9 Å². The van der Waals surface area contributed by atoms with Gasteiger partial charge in [0.05, 0.1) is 4.90 Å². The molecule has 1 aromatic carbocycles. The fraction of sp³-hybridized carbons (Fsp3) is 0.579. The van der Waals surface area contributed by atoms with Crippen LogP contribution in [0, 0.1) is 5.41 Å². The van der Waals surface area contributed by atoms with Crippen molar-refractivity contribution in [3.63, 3.8) is 0 Å². The highest BCUT2D eigenvalue weighted by molar-refractivity contribution is 7.90. The molecule has 0 unspecified atom stereocenters. The summed E-state index contributed by atoms with van der Waals surface area (Å²) < 4.78 is 27.9. The Balaban J connectivity index is 1.73. The molecule has 26 heavy (non-hydrogen) atoms. The Labute approximate surface area is 155 Å². The molecule has 0 radical (unpaired) electrons. The number of carbonyl (C=O) groups is 1. The fourth-order valence-corrected chi connectivity index (χ4v) is 4.71. The van der Waals surface area contributed by atoms with Crippen molar-refractivity contribution in [3.05, 3.63) is 24.3 Å². The Morgan fingerprint density at radius 3 is 2.65 bits per heavy atom. The summed E-state index contributed by atoms with van der Waals surface area (Å²) in [6, 6.07) is 6.41. The largest absolute Gasteiger partial charge is 0.326 e. The zero-order valence-electron chi connectivity index (χ0n) is 15.3.